The molecule has 1 nitrogen and oxygen atoms in total. The Balaban J connectivity index is 2.04. The van der Waals surface area contributed by atoms with Gasteiger partial charge in [-0.25, -0.2) is 0 Å². The van der Waals surface area contributed by atoms with Gasteiger partial charge in [-0.2, -0.15) is 0 Å². The third kappa shape index (κ3) is 4.03. The Morgan fingerprint density at radius 2 is 2.00 bits per heavy atom. The van der Waals surface area contributed by atoms with E-state index in [0.29, 0.717) is 0 Å². The molecule has 0 unspecified atom stereocenters. The van der Waals surface area contributed by atoms with E-state index < -0.39 is 0 Å². The third-order valence-electron chi connectivity index (χ3n) is 3.63. The zero-order chi connectivity index (χ0) is 12.8. The Bertz CT molecular complexity index is 369. The molecular weight excluding hydrogens is 238 g/mol. The van der Waals surface area contributed by atoms with Crippen LogP contribution in [-0.2, 0) is 6.54 Å². The van der Waals surface area contributed by atoms with Gasteiger partial charge in [0, 0.05) is 16.7 Å². The van der Waals surface area contributed by atoms with Crippen LogP contribution in [0.15, 0.2) is 23.1 Å². The van der Waals surface area contributed by atoms with Crippen LogP contribution >= 0.6 is 11.8 Å². The summed E-state index contributed by atoms with van der Waals surface area (Å²) >= 11 is 2.11. The van der Waals surface area contributed by atoms with E-state index in [-0.39, 0.29) is 0 Å². The number of rotatable bonds is 5. The van der Waals surface area contributed by atoms with Crippen LogP contribution in [0.25, 0.3) is 0 Å². The van der Waals surface area contributed by atoms with Crippen molar-refractivity contribution in [2.75, 3.05) is 6.54 Å². The molecule has 0 atom stereocenters. The number of nitrogens with one attached hydrogen (secondary N) is 1. The first kappa shape index (κ1) is 14.0. The Morgan fingerprint density at radius 1 is 1.22 bits per heavy atom. The highest BCUT2D eigenvalue weighted by molar-refractivity contribution is 8.00. The minimum absolute atomic E-state index is 0.849. The molecule has 1 aromatic carbocycles. The van der Waals surface area contributed by atoms with Gasteiger partial charge in [0.25, 0.3) is 0 Å². The second-order valence-electron chi connectivity index (χ2n) is 5.27. The van der Waals surface area contributed by atoms with Crippen LogP contribution < -0.4 is 5.32 Å². The number of hydrogen-bond donors (Lipinski definition) is 1. The van der Waals surface area contributed by atoms with E-state index in [9.17, 15) is 0 Å². The molecule has 0 radical (unpaired) electrons. The van der Waals surface area contributed by atoms with E-state index in [0.717, 1.165) is 18.3 Å². The van der Waals surface area contributed by atoms with Crippen molar-refractivity contribution in [2.24, 2.45) is 0 Å². The molecule has 2 rings (SSSR count). The summed E-state index contributed by atoms with van der Waals surface area (Å²) in [5.41, 5.74) is 2.85. The van der Waals surface area contributed by atoms with Crippen molar-refractivity contribution >= 4 is 11.8 Å². The molecule has 0 spiro atoms. The quantitative estimate of drug-likeness (QED) is 0.837. The van der Waals surface area contributed by atoms with Crippen molar-refractivity contribution in [1.29, 1.82) is 0 Å². The molecule has 0 heterocycles. The molecule has 0 aliphatic heterocycles. The van der Waals surface area contributed by atoms with Gasteiger partial charge >= 0.3 is 0 Å². The van der Waals surface area contributed by atoms with Crippen LogP contribution in [0.1, 0.15) is 50.2 Å². The van der Waals surface area contributed by atoms with E-state index in [1.165, 1.54) is 48.1 Å². The SMILES string of the molecule is CCNCc1cc(C)ccc1SC1CCCCC1. The first-order valence-corrected chi connectivity index (χ1v) is 8.14. The smallest absolute Gasteiger partial charge is 0.0216 e. The van der Waals surface area contributed by atoms with Gasteiger partial charge in [-0.3, -0.25) is 0 Å². The van der Waals surface area contributed by atoms with Crippen molar-refractivity contribution in [3.05, 3.63) is 29.3 Å². The Hall–Kier alpha value is -0.470. The van der Waals surface area contributed by atoms with Gasteiger partial charge in [-0.05, 0) is 37.9 Å². The van der Waals surface area contributed by atoms with Crippen LogP contribution in [0.5, 0.6) is 0 Å². The van der Waals surface area contributed by atoms with E-state index in [4.69, 9.17) is 0 Å². The average molecular weight is 263 g/mol. The van der Waals surface area contributed by atoms with Crippen LogP contribution in [0.3, 0.4) is 0 Å². The lowest BCUT2D eigenvalue weighted by molar-refractivity contribution is 0.516. The van der Waals surface area contributed by atoms with Gasteiger partial charge < -0.3 is 5.32 Å². The highest BCUT2D eigenvalue weighted by Crippen LogP contribution is 2.35. The molecule has 1 saturated carbocycles. The summed E-state index contributed by atoms with van der Waals surface area (Å²) in [5.74, 6) is 0. The number of aryl methyl sites for hydroxylation is 1. The number of thioether (sulfide) groups is 1. The highest BCUT2D eigenvalue weighted by Gasteiger charge is 2.16. The number of benzene rings is 1. The maximum Gasteiger partial charge on any atom is 0.0216 e. The lowest BCUT2D eigenvalue weighted by Gasteiger charge is -2.22. The topological polar surface area (TPSA) is 12.0 Å². The highest BCUT2D eigenvalue weighted by atomic mass is 32.2. The standard InChI is InChI=1S/C16H25NS/c1-3-17-12-14-11-13(2)9-10-16(14)18-15-7-5-4-6-8-15/h9-11,15,17H,3-8,12H2,1-2H3. The summed E-state index contributed by atoms with van der Waals surface area (Å²) in [4.78, 5) is 1.49. The Labute approximate surface area is 116 Å². The molecular formula is C16H25NS. The second-order valence-corrected chi connectivity index (χ2v) is 6.61. The van der Waals surface area contributed by atoms with E-state index in [1.54, 1.807) is 0 Å². The molecule has 1 aromatic rings. The molecule has 18 heavy (non-hydrogen) atoms. The fourth-order valence-electron chi connectivity index (χ4n) is 2.58. The summed E-state index contributed by atoms with van der Waals surface area (Å²) in [5, 5.41) is 4.30. The summed E-state index contributed by atoms with van der Waals surface area (Å²) < 4.78 is 0. The molecule has 0 aromatic heterocycles. The van der Waals surface area contributed by atoms with Crippen molar-refractivity contribution < 1.29 is 0 Å². The summed E-state index contributed by atoms with van der Waals surface area (Å²) in [6.45, 7) is 6.41. The van der Waals surface area contributed by atoms with Gasteiger partial charge in [0.05, 0.1) is 0 Å². The maximum atomic E-state index is 3.46. The summed E-state index contributed by atoms with van der Waals surface area (Å²) in [6, 6.07) is 6.91. The summed E-state index contributed by atoms with van der Waals surface area (Å²) in [6.07, 6.45) is 7.09. The monoisotopic (exact) mass is 263 g/mol. The van der Waals surface area contributed by atoms with Crippen molar-refractivity contribution in [3.8, 4) is 0 Å². The Morgan fingerprint density at radius 3 is 2.72 bits per heavy atom. The van der Waals surface area contributed by atoms with Crippen LogP contribution in [0.2, 0.25) is 0 Å². The molecule has 0 bridgehead atoms. The zero-order valence-corrected chi connectivity index (χ0v) is 12.5. The molecule has 1 aliphatic rings. The fourth-order valence-corrected chi connectivity index (χ4v) is 3.94. The molecule has 2 heteroatoms. The molecule has 0 saturated heterocycles. The first-order chi connectivity index (χ1) is 8.79. The predicted octanol–water partition coefficient (Wildman–Crippen LogP) is 4.53. The Kier molecular flexibility index (Phi) is 5.58. The zero-order valence-electron chi connectivity index (χ0n) is 11.7. The second kappa shape index (κ2) is 7.20. The molecule has 1 fully saturated rings. The van der Waals surface area contributed by atoms with Crippen LogP contribution in [0.4, 0.5) is 0 Å². The molecule has 1 aliphatic carbocycles. The summed E-state index contributed by atoms with van der Waals surface area (Å²) in [7, 11) is 0. The lowest BCUT2D eigenvalue weighted by Crippen LogP contribution is -2.14. The van der Waals surface area contributed by atoms with Crippen molar-refractivity contribution in [2.45, 2.75) is 62.6 Å². The minimum Gasteiger partial charge on any atom is -0.313 e. The van der Waals surface area contributed by atoms with Gasteiger partial charge in [0.2, 0.25) is 0 Å². The van der Waals surface area contributed by atoms with Crippen molar-refractivity contribution in [1.82, 2.24) is 5.32 Å². The van der Waals surface area contributed by atoms with Gasteiger partial charge in [0.15, 0.2) is 0 Å². The minimum atomic E-state index is 0.849. The number of hydrogen-bond acceptors (Lipinski definition) is 2. The molecule has 100 valence electrons. The van der Waals surface area contributed by atoms with Gasteiger partial charge in [-0.1, -0.05) is 43.9 Å². The first-order valence-electron chi connectivity index (χ1n) is 7.26. The lowest BCUT2D eigenvalue weighted by atomic mass is 10.0. The molecule has 1 N–H and O–H groups in total. The molecule has 0 amide bonds. The predicted molar refractivity (Wildman–Crippen MR) is 81.3 cm³/mol. The fraction of sp³-hybridized carbons (Fsp3) is 0.625. The van der Waals surface area contributed by atoms with E-state index >= 15 is 0 Å². The maximum absolute atomic E-state index is 3.46. The van der Waals surface area contributed by atoms with E-state index in [1.807, 2.05) is 0 Å². The average Bonchev–Trinajstić information content (AvgIpc) is 2.40. The normalized spacial score (nSPS) is 17.0. The van der Waals surface area contributed by atoms with Crippen LogP contribution in [-0.4, -0.2) is 11.8 Å². The van der Waals surface area contributed by atoms with Crippen LogP contribution in [0, 0.1) is 6.92 Å². The van der Waals surface area contributed by atoms with Crippen molar-refractivity contribution in [3.63, 3.8) is 0 Å². The largest absolute Gasteiger partial charge is 0.313 e. The van der Waals surface area contributed by atoms with Gasteiger partial charge in [0.1, 0.15) is 0 Å². The van der Waals surface area contributed by atoms with E-state index in [2.05, 4.69) is 49.1 Å². The third-order valence-corrected chi connectivity index (χ3v) is 5.08. The van der Waals surface area contributed by atoms with Gasteiger partial charge in [-0.15, -0.1) is 11.8 Å².